The highest BCUT2D eigenvalue weighted by molar-refractivity contribution is 5.94. The smallest absolute Gasteiger partial charge is 0.119 e. The first-order chi connectivity index (χ1) is 9.86. The lowest BCUT2D eigenvalue weighted by Gasteiger charge is -2.28. The lowest BCUT2D eigenvalue weighted by atomic mass is 9.77. The second-order valence-corrected chi connectivity index (χ2v) is 5.49. The molecule has 0 fully saturated rings. The highest BCUT2D eigenvalue weighted by atomic mass is 16.5. The Morgan fingerprint density at radius 1 is 0.950 bits per heavy atom. The van der Waals surface area contributed by atoms with Crippen LogP contribution in [0.15, 0.2) is 36.5 Å². The molecule has 20 heavy (non-hydrogen) atoms. The fraction of sp³-hybridized carbons (Fsp3) is 0.278. The van der Waals surface area contributed by atoms with Crippen molar-refractivity contribution < 1.29 is 4.74 Å². The number of rotatable bonds is 1. The van der Waals surface area contributed by atoms with E-state index >= 15 is 0 Å². The quantitative estimate of drug-likeness (QED) is 0.778. The Hall–Kier alpha value is -2.09. The third-order valence-electron chi connectivity index (χ3n) is 4.47. The lowest BCUT2D eigenvalue weighted by Crippen LogP contribution is -2.12. The Morgan fingerprint density at radius 2 is 1.80 bits per heavy atom. The van der Waals surface area contributed by atoms with Crippen molar-refractivity contribution >= 4 is 11.1 Å². The predicted molar refractivity (Wildman–Crippen MR) is 80.7 cm³/mol. The first-order valence-corrected chi connectivity index (χ1v) is 7.20. The van der Waals surface area contributed by atoms with Gasteiger partial charge in [-0.2, -0.15) is 0 Å². The number of ether oxygens (including phenoxy) is 1. The summed E-state index contributed by atoms with van der Waals surface area (Å²) in [6.07, 6.45) is 6.33. The number of fused-ring (bicyclic) bond motifs is 4. The van der Waals surface area contributed by atoms with Gasteiger partial charge in [0.25, 0.3) is 0 Å². The van der Waals surface area contributed by atoms with Gasteiger partial charge >= 0.3 is 0 Å². The van der Waals surface area contributed by atoms with Gasteiger partial charge in [0, 0.05) is 6.20 Å². The summed E-state index contributed by atoms with van der Waals surface area (Å²) < 4.78 is 5.34. The van der Waals surface area contributed by atoms with E-state index in [-0.39, 0.29) is 0 Å². The molecule has 2 aromatic rings. The van der Waals surface area contributed by atoms with Crippen molar-refractivity contribution in [2.75, 3.05) is 7.11 Å². The van der Waals surface area contributed by atoms with E-state index < -0.39 is 0 Å². The molecule has 2 aliphatic carbocycles. The first kappa shape index (κ1) is 11.7. The summed E-state index contributed by atoms with van der Waals surface area (Å²) in [6.45, 7) is 0. The third kappa shape index (κ3) is 1.68. The number of aromatic nitrogens is 1. The Bertz CT molecular complexity index is 715. The second kappa shape index (κ2) is 4.48. The average Bonchev–Trinajstić information content (AvgIpc) is 2.53. The van der Waals surface area contributed by atoms with Crippen LogP contribution in [0.1, 0.15) is 35.2 Å². The molecule has 2 aliphatic rings. The van der Waals surface area contributed by atoms with Crippen LogP contribution in [0, 0.1) is 0 Å². The van der Waals surface area contributed by atoms with Crippen LogP contribution in [-0.2, 0) is 12.8 Å². The SMILES string of the molecule is COc1ccc2c(c1)CCC1=C2CCc2cccnc21. The highest BCUT2D eigenvalue weighted by Gasteiger charge is 2.25. The van der Waals surface area contributed by atoms with Gasteiger partial charge < -0.3 is 4.74 Å². The standard InChI is InChI=1S/C18H17NO/c1-20-14-6-9-15-13(11-14)5-8-17-16(15)7-4-12-3-2-10-19-18(12)17/h2-3,6,9-11H,4-5,7-8H2,1H3. The van der Waals surface area contributed by atoms with Crippen molar-refractivity contribution in [1.82, 2.24) is 4.98 Å². The summed E-state index contributed by atoms with van der Waals surface area (Å²) in [5.41, 5.74) is 8.42. The molecule has 4 rings (SSSR count). The fourth-order valence-corrected chi connectivity index (χ4v) is 3.49. The van der Waals surface area contributed by atoms with Crippen LogP contribution in [0.4, 0.5) is 0 Å². The Morgan fingerprint density at radius 3 is 2.70 bits per heavy atom. The monoisotopic (exact) mass is 263 g/mol. The number of nitrogens with zero attached hydrogens (tertiary/aromatic N) is 1. The third-order valence-corrected chi connectivity index (χ3v) is 4.47. The van der Waals surface area contributed by atoms with E-state index in [4.69, 9.17) is 4.74 Å². The molecular weight excluding hydrogens is 246 g/mol. The summed E-state index contributed by atoms with van der Waals surface area (Å²) in [4.78, 5) is 4.63. The van der Waals surface area contributed by atoms with Crippen molar-refractivity contribution in [2.24, 2.45) is 0 Å². The van der Waals surface area contributed by atoms with Gasteiger partial charge in [-0.15, -0.1) is 0 Å². The van der Waals surface area contributed by atoms with Crippen molar-refractivity contribution in [3.05, 3.63) is 58.9 Å². The average molecular weight is 263 g/mol. The van der Waals surface area contributed by atoms with Crippen molar-refractivity contribution in [3.63, 3.8) is 0 Å². The zero-order valence-electron chi connectivity index (χ0n) is 11.6. The number of allylic oxidation sites excluding steroid dienone is 2. The Kier molecular flexibility index (Phi) is 2.62. The molecule has 1 heterocycles. The highest BCUT2D eigenvalue weighted by Crippen LogP contribution is 2.43. The number of hydrogen-bond acceptors (Lipinski definition) is 2. The van der Waals surface area contributed by atoms with Crippen molar-refractivity contribution in [1.29, 1.82) is 0 Å². The molecule has 0 radical (unpaired) electrons. The molecule has 0 aliphatic heterocycles. The Balaban J connectivity index is 1.89. The minimum absolute atomic E-state index is 0.960. The van der Waals surface area contributed by atoms with Gasteiger partial charge in [-0.1, -0.05) is 12.1 Å². The molecule has 0 spiro atoms. The molecule has 0 amide bonds. The van der Waals surface area contributed by atoms with Gasteiger partial charge in [-0.3, -0.25) is 4.98 Å². The van der Waals surface area contributed by atoms with Gasteiger partial charge in [0.2, 0.25) is 0 Å². The van der Waals surface area contributed by atoms with E-state index in [2.05, 4.69) is 29.2 Å². The topological polar surface area (TPSA) is 22.1 Å². The molecule has 2 heteroatoms. The van der Waals surface area contributed by atoms with Crippen molar-refractivity contribution in [2.45, 2.75) is 25.7 Å². The van der Waals surface area contributed by atoms with E-state index in [0.29, 0.717) is 0 Å². The molecule has 0 saturated heterocycles. The van der Waals surface area contributed by atoms with E-state index in [1.807, 2.05) is 12.3 Å². The number of methoxy groups -OCH3 is 1. The molecule has 1 aromatic carbocycles. The van der Waals surface area contributed by atoms with Crippen LogP contribution in [0.25, 0.3) is 11.1 Å². The fourth-order valence-electron chi connectivity index (χ4n) is 3.49. The van der Waals surface area contributed by atoms with Crippen LogP contribution in [0.2, 0.25) is 0 Å². The minimum atomic E-state index is 0.960. The second-order valence-electron chi connectivity index (χ2n) is 5.49. The van der Waals surface area contributed by atoms with Crippen LogP contribution in [0.5, 0.6) is 5.75 Å². The minimum Gasteiger partial charge on any atom is -0.497 e. The summed E-state index contributed by atoms with van der Waals surface area (Å²) in [5, 5.41) is 0. The molecule has 0 atom stereocenters. The van der Waals surface area contributed by atoms with E-state index in [0.717, 1.165) is 31.4 Å². The Labute approximate surface area is 119 Å². The zero-order chi connectivity index (χ0) is 13.5. The summed E-state index contributed by atoms with van der Waals surface area (Å²) in [6, 6.07) is 10.7. The van der Waals surface area contributed by atoms with Crippen LogP contribution in [-0.4, -0.2) is 12.1 Å². The number of benzene rings is 1. The molecule has 0 unspecified atom stereocenters. The number of pyridine rings is 1. The summed E-state index contributed by atoms with van der Waals surface area (Å²) >= 11 is 0. The molecule has 0 N–H and O–H groups in total. The molecule has 1 aromatic heterocycles. The molecule has 0 bridgehead atoms. The van der Waals surface area contributed by atoms with Gasteiger partial charge in [-0.25, -0.2) is 0 Å². The van der Waals surface area contributed by atoms with E-state index in [1.165, 1.54) is 33.5 Å². The maximum Gasteiger partial charge on any atom is 0.119 e. The van der Waals surface area contributed by atoms with E-state index in [1.54, 1.807) is 7.11 Å². The van der Waals surface area contributed by atoms with Crippen molar-refractivity contribution in [3.8, 4) is 5.75 Å². The number of aryl methyl sites for hydroxylation is 2. The normalized spacial score (nSPS) is 16.2. The lowest BCUT2D eigenvalue weighted by molar-refractivity contribution is 0.414. The molecule has 2 nitrogen and oxygen atoms in total. The maximum absolute atomic E-state index is 5.34. The van der Waals surface area contributed by atoms with Crippen LogP contribution in [0.3, 0.4) is 0 Å². The van der Waals surface area contributed by atoms with Crippen LogP contribution >= 0.6 is 0 Å². The van der Waals surface area contributed by atoms with Crippen LogP contribution < -0.4 is 4.74 Å². The molecule has 0 saturated carbocycles. The largest absolute Gasteiger partial charge is 0.497 e. The van der Waals surface area contributed by atoms with E-state index in [9.17, 15) is 0 Å². The zero-order valence-corrected chi connectivity index (χ0v) is 11.6. The molecule has 100 valence electrons. The van der Waals surface area contributed by atoms with Gasteiger partial charge in [0.1, 0.15) is 5.75 Å². The summed E-state index contributed by atoms with van der Waals surface area (Å²) in [7, 11) is 1.73. The molecular formula is C18H17NO. The number of hydrogen-bond donors (Lipinski definition) is 0. The predicted octanol–water partition coefficient (Wildman–Crippen LogP) is 3.89. The summed E-state index contributed by atoms with van der Waals surface area (Å²) in [5.74, 6) is 0.960. The van der Waals surface area contributed by atoms with Gasteiger partial charge in [0.05, 0.1) is 12.8 Å². The van der Waals surface area contributed by atoms with Gasteiger partial charge in [-0.05, 0) is 71.7 Å². The maximum atomic E-state index is 5.34. The first-order valence-electron chi connectivity index (χ1n) is 7.20. The van der Waals surface area contributed by atoms with Gasteiger partial charge in [0.15, 0.2) is 0 Å².